The van der Waals surface area contributed by atoms with E-state index in [0.717, 1.165) is 0 Å². The Labute approximate surface area is 99.5 Å². The van der Waals surface area contributed by atoms with Gasteiger partial charge in [-0.2, -0.15) is 0 Å². The van der Waals surface area contributed by atoms with E-state index in [0.29, 0.717) is 0 Å². The first-order valence-electron chi connectivity index (χ1n) is 4.12. The molecule has 2 nitrogen and oxygen atoms in total. The summed E-state index contributed by atoms with van der Waals surface area (Å²) in [5.41, 5.74) is 0. The van der Waals surface area contributed by atoms with Gasteiger partial charge in [-0.25, -0.2) is 0 Å². The summed E-state index contributed by atoms with van der Waals surface area (Å²) >= 11 is -0.148. The maximum atomic E-state index is 4.36. The summed E-state index contributed by atoms with van der Waals surface area (Å²) in [6.07, 6.45) is 3.76. The first kappa shape index (κ1) is 10.4. The SMILES string of the molecule is c1ccc([Te][Te]c2ccccn2)nc1. The van der Waals surface area contributed by atoms with E-state index >= 15 is 0 Å². The van der Waals surface area contributed by atoms with Crippen molar-refractivity contribution in [2.75, 3.05) is 0 Å². The molecule has 0 N–H and O–H groups in total. The molecule has 2 rings (SSSR count). The van der Waals surface area contributed by atoms with Gasteiger partial charge in [0.25, 0.3) is 0 Å². The first-order valence-corrected chi connectivity index (χ1v) is 13.8. The van der Waals surface area contributed by atoms with Crippen LogP contribution < -0.4 is 7.48 Å². The van der Waals surface area contributed by atoms with Gasteiger partial charge in [0.2, 0.25) is 0 Å². The number of hydrogen-bond acceptors (Lipinski definition) is 2. The summed E-state index contributed by atoms with van der Waals surface area (Å²) in [6.45, 7) is 0. The molecular formula is C10H8N2Te2. The average Bonchev–Trinajstić information content (AvgIpc) is 2.29. The third-order valence-electron chi connectivity index (χ3n) is 1.49. The molecule has 0 bridgehead atoms. The monoisotopic (exact) mass is 416 g/mol. The summed E-state index contributed by atoms with van der Waals surface area (Å²) in [4.78, 5) is 8.71. The molecule has 0 aliphatic carbocycles. The first-order chi connectivity index (χ1) is 6.95. The predicted octanol–water partition coefficient (Wildman–Crippen LogP) is -0.249. The van der Waals surface area contributed by atoms with Crippen LogP contribution in [0.5, 0.6) is 0 Å². The standard InChI is InChI=1S/C10H8N2Te2/c1-3-7-11-9(5-1)13-14-10-6-2-4-8-12-10/h1-8H. The van der Waals surface area contributed by atoms with Crippen LogP contribution in [0.2, 0.25) is 0 Å². The Morgan fingerprint density at radius 1 is 0.714 bits per heavy atom. The molecule has 0 saturated heterocycles. The quantitative estimate of drug-likeness (QED) is 0.652. The summed E-state index contributed by atoms with van der Waals surface area (Å²) in [5.74, 6) is 0. The molecule has 0 aliphatic rings. The molecule has 0 fully saturated rings. The fraction of sp³-hybridized carbons (Fsp3) is 0. The number of nitrogens with zero attached hydrogens (tertiary/aromatic N) is 2. The molecule has 4 heteroatoms. The van der Waals surface area contributed by atoms with Gasteiger partial charge in [-0.05, 0) is 0 Å². The van der Waals surface area contributed by atoms with Crippen LogP contribution in [0, 0.1) is 0 Å². The molecule has 0 radical (unpaired) electrons. The molecule has 0 amide bonds. The van der Waals surface area contributed by atoms with E-state index in [1.807, 2.05) is 24.5 Å². The molecular weight excluding hydrogens is 403 g/mol. The van der Waals surface area contributed by atoms with Crippen LogP contribution >= 0.6 is 0 Å². The summed E-state index contributed by atoms with van der Waals surface area (Å²) < 4.78 is 2.62. The van der Waals surface area contributed by atoms with Gasteiger partial charge >= 0.3 is 100 Å². The molecule has 0 atom stereocenters. The number of pyridine rings is 2. The van der Waals surface area contributed by atoms with Gasteiger partial charge in [0.05, 0.1) is 0 Å². The van der Waals surface area contributed by atoms with E-state index in [2.05, 4.69) is 34.2 Å². The van der Waals surface area contributed by atoms with Crippen molar-refractivity contribution in [1.82, 2.24) is 9.97 Å². The Balaban J connectivity index is 1.96. The van der Waals surface area contributed by atoms with Gasteiger partial charge in [0, 0.05) is 0 Å². The van der Waals surface area contributed by atoms with E-state index in [9.17, 15) is 0 Å². The van der Waals surface area contributed by atoms with Crippen LogP contribution in [0.15, 0.2) is 48.8 Å². The summed E-state index contributed by atoms with van der Waals surface area (Å²) in [5, 5.41) is 0. The Hall–Kier alpha value is -0.121. The topological polar surface area (TPSA) is 25.8 Å². The van der Waals surface area contributed by atoms with Gasteiger partial charge < -0.3 is 0 Å². The van der Waals surface area contributed by atoms with Crippen molar-refractivity contribution in [3.8, 4) is 0 Å². The van der Waals surface area contributed by atoms with E-state index in [-0.39, 0.29) is 34.1 Å². The summed E-state index contributed by atoms with van der Waals surface area (Å²) in [7, 11) is 0. The van der Waals surface area contributed by atoms with Crippen molar-refractivity contribution in [1.29, 1.82) is 0 Å². The fourth-order valence-electron chi connectivity index (χ4n) is 0.878. The third-order valence-corrected chi connectivity index (χ3v) is 12.2. The Morgan fingerprint density at radius 3 is 1.57 bits per heavy atom. The zero-order chi connectivity index (χ0) is 9.64. The van der Waals surface area contributed by atoms with E-state index in [1.54, 1.807) is 0 Å². The molecule has 0 saturated carbocycles. The molecule has 0 aromatic carbocycles. The molecule has 2 aromatic rings. The van der Waals surface area contributed by atoms with Gasteiger partial charge in [-0.15, -0.1) is 0 Å². The summed E-state index contributed by atoms with van der Waals surface area (Å²) in [6, 6.07) is 12.3. The number of rotatable bonds is 3. The van der Waals surface area contributed by atoms with Crippen molar-refractivity contribution < 1.29 is 0 Å². The molecule has 14 heavy (non-hydrogen) atoms. The normalized spacial score (nSPS) is 10.0. The number of aromatic nitrogens is 2. The molecule has 2 heterocycles. The van der Waals surface area contributed by atoms with Gasteiger partial charge in [-0.3, -0.25) is 0 Å². The van der Waals surface area contributed by atoms with Crippen LogP contribution in [-0.4, -0.2) is 44.1 Å². The molecule has 0 aliphatic heterocycles. The fourth-order valence-corrected chi connectivity index (χ4v) is 9.77. The van der Waals surface area contributed by atoms with Crippen molar-refractivity contribution in [2.45, 2.75) is 0 Å². The van der Waals surface area contributed by atoms with Crippen molar-refractivity contribution >= 4 is 41.6 Å². The van der Waals surface area contributed by atoms with E-state index < -0.39 is 0 Å². The molecule has 0 spiro atoms. The second-order valence-corrected chi connectivity index (χ2v) is 12.2. The minimum absolute atomic E-state index is 0.0740. The van der Waals surface area contributed by atoms with Crippen LogP contribution in [0.4, 0.5) is 0 Å². The third kappa shape index (κ3) is 3.23. The molecule has 2 aromatic heterocycles. The van der Waals surface area contributed by atoms with Crippen LogP contribution in [-0.2, 0) is 0 Å². The average molecular weight is 411 g/mol. The Morgan fingerprint density at radius 2 is 1.21 bits per heavy atom. The van der Waals surface area contributed by atoms with Gasteiger partial charge in [-0.1, -0.05) is 0 Å². The molecule has 70 valence electrons. The minimum atomic E-state index is -0.0740. The van der Waals surface area contributed by atoms with Crippen LogP contribution in [0.1, 0.15) is 0 Å². The van der Waals surface area contributed by atoms with Crippen molar-refractivity contribution in [3.63, 3.8) is 0 Å². The van der Waals surface area contributed by atoms with Gasteiger partial charge in [0.1, 0.15) is 0 Å². The van der Waals surface area contributed by atoms with Gasteiger partial charge in [0.15, 0.2) is 0 Å². The van der Waals surface area contributed by atoms with Crippen molar-refractivity contribution in [3.05, 3.63) is 48.8 Å². The number of hydrogen-bond donors (Lipinski definition) is 0. The zero-order valence-corrected chi connectivity index (χ0v) is 12.0. The molecule has 0 unspecified atom stereocenters. The maximum absolute atomic E-state index is 4.36. The van der Waals surface area contributed by atoms with E-state index in [4.69, 9.17) is 0 Å². The Bertz CT molecular complexity index is 338. The Kier molecular flexibility index (Phi) is 4.22. The van der Waals surface area contributed by atoms with E-state index in [1.165, 1.54) is 7.48 Å². The second-order valence-electron chi connectivity index (χ2n) is 2.50. The van der Waals surface area contributed by atoms with Crippen molar-refractivity contribution in [2.24, 2.45) is 0 Å². The predicted molar refractivity (Wildman–Crippen MR) is 59.3 cm³/mol. The van der Waals surface area contributed by atoms with Crippen LogP contribution in [0.25, 0.3) is 0 Å². The van der Waals surface area contributed by atoms with Crippen LogP contribution in [0.3, 0.4) is 0 Å². The second kappa shape index (κ2) is 5.69. The zero-order valence-electron chi connectivity index (χ0n) is 7.33.